The highest BCUT2D eigenvalue weighted by atomic mass is 16.3. The van der Waals surface area contributed by atoms with Crippen LogP contribution in [0.5, 0.6) is 0 Å². The second-order valence-corrected chi connectivity index (χ2v) is 8.07. The Balaban J connectivity index is 1.61. The molecule has 0 saturated heterocycles. The fraction of sp³-hybridized carbons (Fsp3) is 0.240. The second kappa shape index (κ2) is 7.54. The summed E-state index contributed by atoms with van der Waals surface area (Å²) in [5, 5.41) is 0.524. The van der Waals surface area contributed by atoms with Crippen LogP contribution >= 0.6 is 0 Å². The van der Waals surface area contributed by atoms with Crippen molar-refractivity contribution in [2.45, 2.75) is 32.9 Å². The number of carbonyl (C=O) groups excluding carboxylic acids is 1. The monoisotopic (exact) mass is 413 g/mol. The van der Waals surface area contributed by atoms with Crippen molar-refractivity contribution in [1.29, 1.82) is 0 Å². The summed E-state index contributed by atoms with van der Waals surface area (Å²) in [5.41, 5.74) is 3.74. The number of rotatable bonds is 5. The molecule has 2 aromatic heterocycles. The van der Waals surface area contributed by atoms with Gasteiger partial charge in [-0.05, 0) is 49.1 Å². The molecule has 6 heteroatoms. The number of hydrogen-bond donors (Lipinski definition) is 0. The number of carbonyl (C=O) groups is 1. The number of aryl methyl sites for hydroxylation is 3. The molecule has 2 aromatic carbocycles. The molecule has 1 aliphatic heterocycles. The van der Waals surface area contributed by atoms with Gasteiger partial charge in [0.15, 0.2) is 5.43 Å². The predicted octanol–water partition coefficient (Wildman–Crippen LogP) is 4.24. The van der Waals surface area contributed by atoms with Crippen molar-refractivity contribution in [2.24, 2.45) is 0 Å². The van der Waals surface area contributed by atoms with Gasteiger partial charge in [0.25, 0.3) is 5.91 Å². The van der Waals surface area contributed by atoms with E-state index in [2.05, 4.69) is 4.98 Å². The fourth-order valence-electron chi connectivity index (χ4n) is 4.33. The lowest BCUT2D eigenvalue weighted by Gasteiger charge is -2.25. The molecule has 1 atom stereocenters. The third kappa shape index (κ3) is 3.24. The summed E-state index contributed by atoms with van der Waals surface area (Å²) in [6.45, 7) is 5.20. The summed E-state index contributed by atoms with van der Waals surface area (Å²) in [4.78, 5) is 32.8. The molecule has 31 heavy (non-hydrogen) atoms. The van der Waals surface area contributed by atoms with E-state index in [1.165, 1.54) is 0 Å². The Morgan fingerprint density at radius 2 is 1.81 bits per heavy atom. The summed E-state index contributed by atoms with van der Waals surface area (Å²) in [7, 11) is 0. The zero-order chi connectivity index (χ0) is 21.5. The van der Waals surface area contributed by atoms with Crippen LogP contribution in [0.2, 0.25) is 0 Å². The van der Waals surface area contributed by atoms with Gasteiger partial charge in [0.2, 0.25) is 5.76 Å². The van der Waals surface area contributed by atoms with Gasteiger partial charge < -0.3 is 13.9 Å². The number of hydrogen-bond acceptors (Lipinski definition) is 4. The minimum absolute atomic E-state index is 0.126. The maximum atomic E-state index is 13.6. The van der Waals surface area contributed by atoms with E-state index in [9.17, 15) is 9.59 Å². The lowest BCUT2D eigenvalue weighted by molar-refractivity contribution is 0.0723. The van der Waals surface area contributed by atoms with Gasteiger partial charge in [-0.25, -0.2) is 4.98 Å². The van der Waals surface area contributed by atoms with Gasteiger partial charge in [-0.15, -0.1) is 0 Å². The van der Waals surface area contributed by atoms with E-state index in [1.54, 1.807) is 17.4 Å². The van der Waals surface area contributed by atoms with Gasteiger partial charge in [-0.3, -0.25) is 9.59 Å². The number of nitrogens with zero attached hydrogens (tertiary/aromatic N) is 3. The van der Waals surface area contributed by atoms with Crippen LogP contribution < -0.4 is 5.43 Å². The van der Waals surface area contributed by atoms with Gasteiger partial charge >= 0.3 is 0 Å². The van der Waals surface area contributed by atoms with Crippen LogP contribution in [0.25, 0.3) is 11.0 Å². The third-order valence-corrected chi connectivity index (χ3v) is 6.07. The van der Waals surface area contributed by atoms with E-state index in [0.29, 0.717) is 23.1 Å². The molecule has 0 unspecified atom stereocenters. The maximum absolute atomic E-state index is 13.6. The van der Waals surface area contributed by atoms with Gasteiger partial charge in [0, 0.05) is 25.5 Å². The smallest absolute Gasteiger partial charge is 0.290 e. The molecule has 156 valence electrons. The number of benzene rings is 2. The van der Waals surface area contributed by atoms with E-state index in [-0.39, 0.29) is 17.1 Å². The Morgan fingerprint density at radius 3 is 2.55 bits per heavy atom. The van der Waals surface area contributed by atoms with Crippen LogP contribution in [0.3, 0.4) is 0 Å². The van der Waals surface area contributed by atoms with Gasteiger partial charge in [0.1, 0.15) is 5.58 Å². The zero-order valence-corrected chi connectivity index (χ0v) is 17.5. The minimum atomic E-state index is -0.450. The van der Waals surface area contributed by atoms with Crippen molar-refractivity contribution in [3.63, 3.8) is 0 Å². The fourth-order valence-corrected chi connectivity index (χ4v) is 4.33. The Morgan fingerprint density at radius 1 is 1.03 bits per heavy atom. The number of aromatic nitrogens is 2. The molecule has 0 N–H and O–H groups in total. The van der Waals surface area contributed by atoms with Crippen molar-refractivity contribution < 1.29 is 9.21 Å². The highest BCUT2D eigenvalue weighted by Crippen LogP contribution is 2.38. The SMILES string of the molecule is Cc1cc2oc3c(c(=O)c2cc1C)[C@H](c1ccccc1)N(CCCn1ccnc1)C3=O. The van der Waals surface area contributed by atoms with Crippen molar-refractivity contribution in [1.82, 2.24) is 14.5 Å². The largest absolute Gasteiger partial charge is 0.450 e. The molecule has 0 bridgehead atoms. The minimum Gasteiger partial charge on any atom is -0.450 e. The standard InChI is InChI=1S/C25H23N3O3/c1-16-13-19-20(14-17(16)2)31-24-21(23(19)29)22(18-7-4-3-5-8-18)28(25(24)30)11-6-10-27-12-9-26-15-27/h3-5,7-9,12-15,22H,6,10-11H2,1-2H3/t22-/m0/s1. The Bertz CT molecular complexity index is 1320. The molecule has 1 amide bonds. The number of amides is 1. The first-order chi connectivity index (χ1) is 15.0. The molecular formula is C25H23N3O3. The molecule has 0 radical (unpaired) electrons. The molecule has 6 nitrogen and oxygen atoms in total. The summed E-state index contributed by atoms with van der Waals surface area (Å²) < 4.78 is 8.04. The number of imidazole rings is 1. The Kier molecular flexibility index (Phi) is 4.70. The first-order valence-electron chi connectivity index (χ1n) is 10.4. The molecule has 0 fully saturated rings. The van der Waals surface area contributed by atoms with Crippen LogP contribution in [0.15, 0.2) is 70.4 Å². The van der Waals surface area contributed by atoms with Gasteiger partial charge in [-0.1, -0.05) is 30.3 Å². The lowest BCUT2D eigenvalue weighted by Crippen LogP contribution is -2.31. The molecule has 0 spiro atoms. The molecule has 0 saturated carbocycles. The quantitative estimate of drug-likeness (QED) is 0.491. The highest BCUT2D eigenvalue weighted by Gasteiger charge is 2.42. The lowest BCUT2D eigenvalue weighted by atomic mass is 9.97. The van der Waals surface area contributed by atoms with Gasteiger partial charge in [-0.2, -0.15) is 0 Å². The van der Waals surface area contributed by atoms with Crippen molar-refractivity contribution in [3.05, 3.63) is 99.4 Å². The first-order valence-corrected chi connectivity index (χ1v) is 10.4. The summed E-state index contributed by atoms with van der Waals surface area (Å²) in [5.74, 6) is -0.0658. The number of fused-ring (bicyclic) bond motifs is 2. The first kappa shape index (κ1) is 19.3. The topological polar surface area (TPSA) is 68.3 Å². The van der Waals surface area contributed by atoms with Gasteiger partial charge in [0.05, 0.1) is 23.3 Å². The summed E-state index contributed by atoms with van der Waals surface area (Å²) >= 11 is 0. The zero-order valence-electron chi connectivity index (χ0n) is 17.5. The van der Waals surface area contributed by atoms with Crippen molar-refractivity contribution in [3.8, 4) is 0 Å². The van der Waals surface area contributed by atoms with Crippen molar-refractivity contribution in [2.75, 3.05) is 6.54 Å². The second-order valence-electron chi connectivity index (χ2n) is 8.07. The van der Waals surface area contributed by atoms with Crippen LogP contribution in [0.4, 0.5) is 0 Å². The molecule has 0 aliphatic carbocycles. The third-order valence-electron chi connectivity index (χ3n) is 6.07. The van der Waals surface area contributed by atoms with E-state index >= 15 is 0 Å². The van der Waals surface area contributed by atoms with E-state index < -0.39 is 6.04 Å². The summed E-state index contributed by atoms with van der Waals surface area (Å²) in [6.07, 6.45) is 6.14. The highest BCUT2D eigenvalue weighted by molar-refractivity contribution is 5.99. The Hall–Kier alpha value is -3.67. The average molecular weight is 413 g/mol. The van der Waals surface area contributed by atoms with Crippen molar-refractivity contribution >= 4 is 16.9 Å². The molecular weight excluding hydrogens is 390 g/mol. The molecule has 5 rings (SSSR count). The van der Waals surface area contributed by atoms with E-state index in [1.807, 2.05) is 67.1 Å². The maximum Gasteiger partial charge on any atom is 0.290 e. The van der Waals surface area contributed by atoms with Crippen LogP contribution in [-0.2, 0) is 6.54 Å². The average Bonchev–Trinajstić information content (AvgIpc) is 3.38. The van der Waals surface area contributed by atoms with Crippen LogP contribution in [-0.4, -0.2) is 26.9 Å². The van der Waals surface area contributed by atoms with Crippen LogP contribution in [0, 0.1) is 13.8 Å². The van der Waals surface area contributed by atoms with Crippen LogP contribution in [0.1, 0.15) is 45.3 Å². The normalized spacial score (nSPS) is 15.6. The van der Waals surface area contributed by atoms with E-state index in [0.717, 1.165) is 29.7 Å². The summed E-state index contributed by atoms with van der Waals surface area (Å²) in [6, 6.07) is 13.0. The van der Waals surface area contributed by atoms with E-state index in [4.69, 9.17) is 4.42 Å². The predicted molar refractivity (Wildman–Crippen MR) is 118 cm³/mol. The Labute approximate surface area is 179 Å². The molecule has 1 aliphatic rings. The molecule has 4 aromatic rings. The molecule has 3 heterocycles.